The Bertz CT molecular complexity index is 787. The number of hydrogen-bond donors (Lipinski definition) is 1. The third kappa shape index (κ3) is 2.95. The molecule has 1 aromatic carbocycles. The molecule has 1 heterocycles. The summed E-state index contributed by atoms with van der Waals surface area (Å²) in [6.45, 7) is 5.52. The molecule has 2 rings (SSSR count). The molecule has 5 nitrogen and oxygen atoms in total. The van der Waals surface area contributed by atoms with Gasteiger partial charge in [0.25, 0.3) is 0 Å². The molecule has 2 aromatic rings. The number of hydrogen-bond acceptors (Lipinski definition) is 3. The van der Waals surface area contributed by atoms with Crippen molar-refractivity contribution in [2.24, 2.45) is 0 Å². The predicted octanol–water partition coefficient (Wildman–Crippen LogP) is 2.86. The van der Waals surface area contributed by atoms with E-state index in [1.807, 2.05) is 24.5 Å². The largest absolute Gasteiger partial charge is 0.478 e. The molecule has 0 spiro atoms. The molecule has 0 bridgehead atoms. The highest BCUT2D eigenvalue weighted by Gasteiger charge is 2.20. The van der Waals surface area contributed by atoms with Crippen molar-refractivity contribution < 1.29 is 18.3 Å². The van der Waals surface area contributed by atoms with E-state index in [1.165, 1.54) is 6.07 Å². The van der Waals surface area contributed by atoms with E-state index < -0.39 is 15.8 Å². The second-order valence-corrected chi connectivity index (χ2v) is 7.67. The highest BCUT2D eigenvalue weighted by atomic mass is 32.2. The van der Waals surface area contributed by atoms with Gasteiger partial charge in [-0.2, -0.15) is 0 Å². The maximum absolute atomic E-state index is 11.9. The quantitative estimate of drug-likeness (QED) is 0.921. The number of rotatable bonds is 5. The van der Waals surface area contributed by atoms with Crippen molar-refractivity contribution in [3.8, 4) is 0 Å². The molecule has 0 saturated heterocycles. The number of carboxylic acid groups (broad SMARTS) is 1. The summed E-state index contributed by atoms with van der Waals surface area (Å²) < 4.78 is 25.7. The summed E-state index contributed by atoms with van der Waals surface area (Å²) in [5.41, 5.74) is 1.59. The zero-order valence-electron chi connectivity index (χ0n) is 12.3. The zero-order valence-corrected chi connectivity index (χ0v) is 13.1. The number of aromatic nitrogens is 1. The van der Waals surface area contributed by atoms with Crippen LogP contribution in [0.25, 0.3) is 10.9 Å². The number of aromatic carboxylic acids is 1. The molecule has 0 aliphatic carbocycles. The standard InChI is InChI=1S/C15H19NO4S/c1-4-21(19,20)9-11-8-13-12(15(17)18)6-5-7-14(13)16(11)10(2)3/h5-8,10H,4,9H2,1-3H3,(H,17,18). The van der Waals surface area contributed by atoms with E-state index in [0.29, 0.717) is 11.1 Å². The molecule has 0 unspecified atom stereocenters. The molecule has 0 aliphatic rings. The van der Waals surface area contributed by atoms with Gasteiger partial charge in [-0.1, -0.05) is 13.0 Å². The lowest BCUT2D eigenvalue weighted by Gasteiger charge is -2.14. The van der Waals surface area contributed by atoms with E-state index in [4.69, 9.17) is 0 Å². The van der Waals surface area contributed by atoms with Gasteiger partial charge in [-0.25, -0.2) is 13.2 Å². The Morgan fingerprint density at radius 1 is 1.33 bits per heavy atom. The molecule has 0 saturated carbocycles. The van der Waals surface area contributed by atoms with Gasteiger partial charge in [0.05, 0.1) is 11.3 Å². The van der Waals surface area contributed by atoms with E-state index in [1.54, 1.807) is 19.1 Å². The third-order valence-electron chi connectivity index (χ3n) is 3.52. The summed E-state index contributed by atoms with van der Waals surface area (Å²) in [5.74, 6) is -1.01. The lowest BCUT2D eigenvalue weighted by Crippen LogP contribution is -2.12. The minimum Gasteiger partial charge on any atom is -0.478 e. The summed E-state index contributed by atoms with van der Waals surface area (Å²) in [4.78, 5) is 11.3. The Hall–Kier alpha value is -1.82. The van der Waals surface area contributed by atoms with Crippen LogP contribution in [0.4, 0.5) is 0 Å². The van der Waals surface area contributed by atoms with E-state index in [0.717, 1.165) is 5.52 Å². The molecule has 1 aromatic heterocycles. The van der Waals surface area contributed by atoms with Crippen LogP contribution in [0.15, 0.2) is 24.3 Å². The first-order valence-corrected chi connectivity index (χ1v) is 8.65. The van der Waals surface area contributed by atoms with Crippen LogP contribution in [0.2, 0.25) is 0 Å². The maximum Gasteiger partial charge on any atom is 0.336 e. The Morgan fingerprint density at radius 2 is 2.00 bits per heavy atom. The van der Waals surface area contributed by atoms with Gasteiger partial charge >= 0.3 is 5.97 Å². The van der Waals surface area contributed by atoms with Gasteiger partial charge in [0.1, 0.15) is 0 Å². The van der Waals surface area contributed by atoms with Crippen molar-refractivity contribution >= 4 is 26.7 Å². The SMILES string of the molecule is CCS(=O)(=O)Cc1cc2c(C(=O)O)cccc2n1C(C)C. The number of nitrogens with zero attached hydrogens (tertiary/aromatic N) is 1. The number of benzene rings is 1. The molecule has 0 amide bonds. The molecule has 0 aliphatic heterocycles. The Morgan fingerprint density at radius 3 is 2.52 bits per heavy atom. The van der Waals surface area contributed by atoms with Gasteiger partial charge in [0.2, 0.25) is 0 Å². The summed E-state index contributed by atoms with van der Waals surface area (Å²) in [5, 5.41) is 9.86. The van der Waals surface area contributed by atoms with Crippen molar-refractivity contribution in [2.45, 2.75) is 32.6 Å². The van der Waals surface area contributed by atoms with Gasteiger partial charge in [-0.15, -0.1) is 0 Å². The van der Waals surface area contributed by atoms with Crippen LogP contribution >= 0.6 is 0 Å². The van der Waals surface area contributed by atoms with Crippen LogP contribution < -0.4 is 0 Å². The van der Waals surface area contributed by atoms with Crippen LogP contribution in [0, 0.1) is 0 Å². The van der Waals surface area contributed by atoms with Crippen LogP contribution in [0.3, 0.4) is 0 Å². The Balaban J connectivity index is 2.74. The normalized spacial score (nSPS) is 12.2. The van der Waals surface area contributed by atoms with Gasteiger partial charge < -0.3 is 9.67 Å². The van der Waals surface area contributed by atoms with Crippen molar-refractivity contribution in [3.05, 3.63) is 35.5 Å². The highest BCUT2D eigenvalue weighted by Crippen LogP contribution is 2.28. The number of carboxylic acids is 1. The van der Waals surface area contributed by atoms with Crippen LogP contribution in [0.1, 0.15) is 42.9 Å². The van der Waals surface area contributed by atoms with Crippen molar-refractivity contribution in [1.82, 2.24) is 4.57 Å². The lowest BCUT2D eigenvalue weighted by molar-refractivity contribution is 0.0699. The molecule has 21 heavy (non-hydrogen) atoms. The van der Waals surface area contributed by atoms with Crippen molar-refractivity contribution in [3.63, 3.8) is 0 Å². The predicted molar refractivity (Wildman–Crippen MR) is 82.4 cm³/mol. The fourth-order valence-corrected chi connectivity index (χ4v) is 3.42. The first-order chi connectivity index (χ1) is 9.76. The fourth-order valence-electron chi connectivity index (χ4n) is 2.54. The molecule has 0 fully saturated rings. The van der Waals surface area contributed by atoms with Crippen LogP contribution in [-0.4, -0.2) is 29.8 Å². The van der Waals surface area contributed by atoms with Crippen LogP contribution in [0.5, 0.6) is 0 Å². The zero-order chi connectivity index (χ0) is 15.8. The Labute approximate surface area is 124 Å². The molecule has 114 valence electrons. The average molecular weight is 309 g/mol. The average Bonchev–Trinajstić information content (AvgIpc) is 2.75. The van der Waals surface area contributed by atoms with Crippen LogP contribution in [-0.2, 0) is 15.6 Å². The van der Waals surface area contributed by atoms with Crippen molar-refractivity contribution in [2.75, 3.05) is 5.75 Å². The number of sulfone groups is 1. The van der Waals surface area contributed by atoms with E-state index in [9.17, 15) is 18.3 Å². The molecule has 6 heteroatoms. The molecular weight excluding hydrogens is 290 g/mol. The number of carbonyl (C=O) groups is 1. The third-order valence-corrected chi connectivity index (χ3v) is 5.13. The first-order valence-electron chi connectivity index (χ1n) is 6.83. The second-order valence-electron chi connectivity index (χ2n) is 5.32. The number of fused-ring (bicyclic) bond motifs is 1. The van der Waals surface area contributed by atoms with E-state index in [2.05, 4.69) is 0 Å². The molecule has 0 radical (unpaired) electrons. The molecular formula is C15H19NO4S. The van der Waals surface area contributed by atoms with E-state index >= 15 is 0 Å². The maximum atomic E-state index is 11.9. The summed E-state index contributed by atoms with van der Waals surface area (Å²) in [6.07, 6.45) is 0. The first kappa shape index (κ1) is 15.6. The topological polar surface area (TPSA) is 76.4 Å². The van der Waals surface area contributed by atoms with Gasteiger partial charge in [0, 0.05) is 28.4 Å². The minimum absolute atomic E-state index is 0.0496. The van der Waals surface area contributed by atoms with E-state index in [-0.39, 0.29) is 23.1 Å². The van der Waals surface area contributed by atoms with Gasteiger partial charge in [-0.05, 0) is 32.0 Å². The fraction of sp³-hybridized carbons (Fsp3) is 0.400. The highest BCUT2D eigenvalue weighted by molar-refractivity contribution is 7.90. The second kappa shape index (κ2) is 5.52. The van der Waals surface area contributed by atoms with Gasteiger partial charge in [-0.3, -0.25) is 0 Å². The molecule has 1 N–H and O–H groups in total. The summed E-state index contributed by atoms with van der Waals surface area (Å²) >= 11 is 0. The minimum atomic E-state index is -3.18. The smallest absolute Gasteiger partial charge is 0.336 e. The summed E-state index contributed by atoms with van der Waals surface area (Å²) in [7, 11) is -3.18. The Kier molecular flexibility index (Phi) is 4.09. The summed E-state index contributed by atoms with van der Waals surface area (Å²) in [6, 6.07) is 6.78. The lowest BCUT2D eigenvalue weighted by atomic mass is 10.1. The monoisotopic (exact) mass is 309 g/mol. The molecule has 0 atom stereocenters. The van der Waals surface area contributed by atoms with Crippen molar-refractivity contribution in [1.29, 1.82) is 0 Å². The van der Waals surface area contributed by atoms with Gasteiger partial charge in [0.15, 0.2) is 9.84 Å².